The maximum Gasteiger partial charge on any atom is 0.283 e. The number of carbonyl (C=O) groups is 1. The van der Waals surface area contributed by atoms with Gasteiger partial charge in [-0.2, -0.15) is 13.3 Å². The molecule has 1 fully saturated rings. The molecule has 3 heterocycles. The molecule has 10 heteroatoms. The van der Waals surface area contributed by atoms with Crippen LogP contribution in [0.3, 0.4) is 0 Å². The molecule has 1 amide bonds. The first-order valence-electron chi connectivity index (χ1n) is 8.86. The van der Waals surface area contributed by atoms with Gasteiger partial charge in [-0.15, -0.1) is 15.3 Å². The summed E-state index contributed by atoms with van der Waals surface area (Å²) in [5.41, 5.74) is -1.84. The number of hydrogen-bond acceptors (Lipinski definition) is 5. The molecule has 1 unspecified atom stereocenters. The molecule has 4 rings (SSSR count). The predicted molar refractivity (Wildman–Crippen MR) is 103 cm³/mol. The van der Waals surface area contributed by atoms with Crippen LogP contribution in [-0.2, 0) is 16.9 Å². The summed E-state index contributed by atoms with van der Waals surface area (Å²) < 4.78 is 28.5. The molecule has 0 N–H and O–H groups in total. The molecule has 7 nitrogen and oxygen atoms in total. The van der Waals surface area contributed by atoms with Crippen LogP contribution < -0.4 is 4.90 Å². The zero-order chi connectivity index (χ0) is 19.7. The van der Waals surface area contributed by atoms with Gasteiger partial charge in [0.25, 0.3) is 5.66 Å². The van der Waals surface area contributed by atoms with E-state index in [4.69, 9.17) is 0 Å². The summed E-state index contributed by atoms with van der Waals surface area (Å²) in [5, 5.41) is 12.2. The van der Waals surface area contributed by atoms with Crippen LogP contribution in [-0.4, -0.2) is 56.8 Å². The Morgan fingerprint density at radius 2 is 1.93 bits per heavy atom. The average Bonchev–Trinajstić information content (AvgIpc) is 3.15. The summed E-state index contributed by atoms with van der Waals surface area (Å²) in [7, 11) is 1.52. The Hall–Kier alpha value is -2.67. The van der Waals surface area contributed by atoms with Gasteiger partial charge in [0.1, 0.15) is 12.1 Å². The van der Waals surface area contributed by atoms with Crippen molar-refractivity contribution in [3.63, 3.8) is 0 Å². The molecule has 1 saturated heterocycles. The highest BCUT2D eigenvalue weighted by Gasteiger charge is 2.26. The standard InChI is InChI=1S/C18H19F2N6OP/c19-18(20,28)14-3-1-2-13(10-14)11-17(27)25-8-6-24(7-9-25)16-5-4-15-22-21-12-26(15)23-16/h1-5,10,12H,6-9,11,28H2. The lowest BCUT2D eigenvalue weighted by Gasteiger charge is -2.35. The fourth-order valence-corrected chi connectivity index (χ4v) is 3.43. The number of halogens is 2. The van der Waals surface area contributed by atoms with Crippen LogP contribution in [0.5, 0.6) is 0 Å². The fraction of sp³-hybridized carbons (Fsp3) is 0.333. The van der Waals surface area contributed by atoms with E-state index in [1.54, 1.807) is 27.9 Å². The first-order valence-corrected chi connectivity index (χ1v) is 9.44. The zero-order valence-corrected chi connectivity index (χ0v) is 16.2. The SMILES string of the molecule is O=C(Cc1cccc(C(F)(F)P)c1)N1CCN(c2ccc3nncn3n2)CC1. The molecule has 0 bridgehead atoms. The second-order valence-corrected chi connectivity index (χ2v) is 7.42. The third-order valence-corrected chi connectivity index (χ3v) is 5.10. The molecular weight excluding hydrogens is 385 g/mol. The number of amides is 1. The van der Waals surface area contributed by atoms with E-state index in [1.807, 2.05) is 12.1 Å². The van der Waals surface area contributed by atoms with Crippen LogP contribution in [0, 0.1) is 0 Å². The number of rotatable bonds is 4. The number of alkyl halides is 2. The molecule has 1 aliphatic rings. The van der Waals surface area contributed by atoms with Crippen molar-refractivity contribution < 1.29 is 13.6 Å². The molecule has 1 aromatic carbocycles. The number of piperazine rings is 1. The van der Waals surface area contributed by atoms with Crippen molar-refractivity contribution in [3.8, 4) is 0 Å². The number of benzene rings is 1. The Morgan fingerprint density at radius 3 is 2.68 bits per heavy atom. The Balaban J connectivity index is 1.37. The lowest BCUT2D eigenvalue weighted by molar-refractivity contribution is -0.130. The molecule has 1 aliphatic heterocycles. The van der Waals surface area contributed by atoms with Crippen LogP contribution in [0.4, 0.5) is 14.6 Å². The maximum absolute atomic E-state index is 13.5. The quantitative estimate of drug-likeness (QED) is 0.622. The largest absolute Gasteiger partial charge is 0.352 e. The van der Waals surface area contributed by atoms with Gasteiger partial charge >= 0.3 is 0 Å². The van der Waals surface area contributed by atoms with Gasteiger partial charge in [-0.3, -0.25) is 4.79 Å². The molecule has 3 aromatic rings. The highest BCUT2D eigenvalue weighted by molar-refractivity contribution is 7.17. The van der Waals surface area contributed by atoms with Crippen molar-refractivity contribution in [3.05, 3.63) is 53.9 Å². The van der Waals surface area contributed by atoms with Gasteiger partial charge in [-0.25, -0.2) is 0 Å². The van der Waals surface area contributed by atoms with Crippen molar-refractivity contribution in [2.75, 3.05) is 31.1 Å². The van der Waals surface area contributed by atoms with E-state index in [9.17, 15) is 13.6 Å². The van der Waals surface area contributed by atoms with Crippen molar-refractivity contribution in [1.82, 2.24) is 24.7 Å². The van der Waals surface area contributed by atoms with Crippen molar-refractivity contribution in [1.29, 1.82) is 0 Å². The minimum absolute atomic E-state index is 0.0638. The molecule has 1 atom stereocenters. The molecule has 0 radical (unpaired) electrons. The summed E-state index contributed by atoms with van der Waals surface area (Å²) in [4.78, 5) is 16.4. The van der Waals surface area contributed by atoms with Crippen molar-refractivity contribution in [2.24, 2.45) is 0 Å². The van der Waals surface area contributed by atoms with E-state index in [-0.39, 0.29) is 17.9 Å². The fourth-order valence-electron chi connectivity index (χ4n) is 3.25. The van der Waals surface area contributed by atoms with Crippen LogP contribution >= 0.6 is 9.24 Å². The molecule has 0 aliphatic carbocycles. The van der Waals surface area contributed by atoms with E-state index in [2.05, 4.69) is 20.2 Å². The summed E-state index contributed by atoms with van der Waals surface area (Å²) in [6.07, 6.45) is 1.66. The maximum atomic E-state index is 13.5. The first kappa shape index (κ1) is 18.7. The van der Waals surface area contributed by atoms with Gasteiger partial charge in [-0.1, -0.05) is 27.4 Å². The first-order chi connectivity index (χ1) is 13.4. The molecule has 0 spiro atoms. The Morgan fingerprint density at radius 1 is 1.14 bits per heavy atom. The minimum Gasteiger partial charge on any atom is -0.352 e. The van der Waals surface area contributed by atoms with Gasteiger partial charge in [-0.05, 0) is 23.8 Å². The Kier molecular flexibility index (Phi) is 4.93. The molecule has 146 valence electrons. The van der Waals surface area contributed by atoms with Crippen LogP contribution in [0.15, 0.2) is 42.7 Å². The number of anilines is 1. The Labute approximate surface area is 162 Å². The molecule has 28 heavy (non-hydrogen) atoms. The van der Waals surface area contributed by atoms with E-state index >= 15 is 0 Å². The summed E-state index contributed by atoms with van der Waals surface area (Å²) in [5.74, 6) is 0.737. The number of hydrogen-bond donors (Lipinski definition) is 0. The monoisotopic (exact) mass is 404 g/mol. The Bertz CT molecular complexity index is 997. The average molecular weight is 404 g/mol. The highest BCUT2D eigenvalue weighted by atomic mass is 31.0. The zero-order valence-electron chi connectivity index (χ0n) is 15.0. The molecule has 2 aromatic heterocycles. The normalized spacial score (nSPS) is 15.2. The van der Waals surface area contributed by atoms with Gasteiger partial charge in [0.05, 0.1) is 6.42 Å². The van der Waals surface area contributed by atoms with Gasteiger partial charge < -0.3 is 9.80 Å². The number of carbonyl (C=O) groups excluding carboxylic acids is 1. The predicted octanol–water partition coefficient (Wildman–Crippen LogP) is 1.94. The van der Waals surface area contributed by atoms with E-state index in [0.717, 1.165) is 5.82 Å². The third-order valence-electron chi connectivity index (χ3n) is 4.77. The lowest BCUT2D eigenvalue weighted by atomic mass is 10.1. The molecule has 0 saturated carbocycles. The second-order valence-electron chi connectivity index (χ2n) is 6.69. The third kappa shape index (κ3) is 3.94. The minimum atomic E-state index is -3.00. The summed E-state index contributed by atoms with van der Waals surface area (Å²) >= 11 is 0. The van der Waals surface area contributed by atoms with E-state index in [1.165, 1.54) is 21.4 Å². The summed E-state index contributed by atoms with van der Waals surface area (Å²) in [6, 6.07) is 9.74. The van der Waals surface area contributed by atoms with Gasteiger partial charge in [0.15, 0.2) is 5.65 Å². The van der Waals surface area contributed by atoms with E-state index in [0.29, 0.717) is 37.4 Å². The number of aromatic nitrogens is 4. The van der Waals surface area contributed by atoms with Crippen molar-refractivity contribution in [2.45, 2.75) is 12.1 Å². The number of nitrogens with zero attached hydrogens (tertiary/aromatic N) is 6. The van der Waals surface area contributed by atoms with E-state index < -0.39 is 5.66 Å². The smallest absolute Gasteiger partial charge is 0.283 e. The number of fused-ring (bicyclic) bond motifs is 1. The molecular formula is C18H19F2N6OP. The van der Waals surface area contributed by atoms with Crippen LogP contribution in [0.2, 0.25) is 0 Å². The highest BCUT2D eigenvalue weighted by Crippen LogP contribution is 2.35. The lowest BCUT2D eigenvalue weighted by Crippen LogP contribution is -2.49. The van der Waals surface area contributed by atoms with Crippen LogP contribution in [0.1, 0.15) is 11.1 Å². The second kappa shape index (κ2) is 7.39. The van der Waals surface area contributed by atoms with Gasteiger partial charge in [0.2, 0.25) is 5.91 Å². The van der Waals surface area contributed by atoms with Crippen molar-refractivity contribution >= 4 is 26.6 Å². The van der Waals surface area contributed by atoms with Crippen LogP contribution in [0.25, 0.3) is 5.65 Å². The van der Waals surface area contributed by atoms with Gasteiger partial charge in [0, 0.05) is 31.7 Å². The topological polar surface area (TPSA) is 66.6 Å². The summed E-state index contributed by atoms with van der Waals surface area (Å²) in [6.45, 7) is 2.41.